The van der Waals surface area contributed by atoms with Crippen molar-refractivity contribution in [3.63, 3.8) is 0 Å². The Morgan fingerprint density at radius 1 is 1.19 bits per heavy atom. The van der Waals surface area contributed by atoms with E-state index < -0.39 is 0 Å². The first-order valence-corrected chi connectivity index (χ1v) is 8.73. The van der Waals surface area contributed by atoms with Crippen molar-refractivity contribution in [1.29, 1.82) is 0 Å². The molecule has 134 valence electrons. The number of hydrogen-bond acceptors (Lipinski definition) is 5. The van der Waals surface area contributed by atoms with Crippen LogP contribution < -0.4 is 10.5 Å². The molecule has 3 aromatic rings. The highest BCUT2D eigenvalue weighted by molar-refractivity contribution is 6.30. The molecule has 1 saturated heterocycles. The molecule has 1 fully saturated rings. The third-order valence-electron chi connectivity index (χ3n) is 4.55. The molecule has 1 aliphatic rings. The normalized spacial score (nSPS) is 15.5. The van der Waals surface area contributed by atoms with Crippen molar-refractivity contribution >= 4 is 28.5 Å². The quantitative estimate of drug-likeness (QED) is 0.764. The molecule has 0 saturated carbocycles. The van der Waals surface area contributed by atoms with Crippen molar-refractivity contribution in [3.05, 3.63) is 63.4 Å². The Kier molecular flexibility index (Phi) is 4.57. The average Bonchev–Trinajstić information content (AvgIpc) is 2.65. The Balaban J connectivity index is 1.47. The van der Waals surface area contributed by atoms with Crippen LogP contribution in [-0.4, -0.2) is 46.0 Å². The summed E-state index contributed by atoms with van der Waals surface area (Å²) in [5, 5.41) is 0.528. The summed E-state index contributed by atoms with van der Waals surface area (Å²) in [6.07, 6.45) is 3.25. The molecule has 6 nitrogen and oxygen atoms in total. The third-order valence-corrected chi connectivity index (χ3v) is 4.79. The lowest BCUT2D eigenvalue weighted by Gasteiger charge is -2.35. The van der Waals surface area contributed by atoms with Gasteiger partial charge < -0.3 is 9.88 Å². The SMILES string of the molecule is O=c1[nH]c2ccncc2nc1N1CCN(Cc2cc(Cl)ccc2F)CC1. The van der Waals surface area contributed by atoms with E-state index in [-0.39, 0.29) is 11.4 Å². The number of benzene rings is 1. The Labute approximate surface area is 154 Å². The molecule has 0 spiro atoms. The van der Waals surface area contributed by atoms with Gasteiger partial charge in [-0.05, 0) is 24.3 Å². The topological polar surface area (TPSA) is 65.1 Å². The van der Waals surface area contributed by atoms with Crippen molar-refractivity contribution in [2.75, 3.05) is 31.1 Å². The molecule has 1 aromatic carbocycles. The average molecular weight is 374 g/mol. The Morgan fingerprint density at radius 3 is 2.81 bits per heavy atom. The van der Waals surface area contributed by atoms with Crippen LogP contribution in [0.5, 0.6) is 0 Å². The van der Waals surface area contributed by atoms with Crippen LogP contribution in [0.25, 0.3) is 11.0 Å². The molecule has 0 atom stereocenters. The van der Waals surface area contributed by atoms with Gasteiger partial charge in [0.25, 0.3) is 5.56 Å². The lowest BCUT2D eigenvalue weighted by Crippen LogP contribution is -2.47. The van der Waals surface area contributed by atoms with Gasteiger partial charge in [-0.3, -0.25) is 14.7 Å². The van der Waals surface area contributed by atoms with Crippen LogP contribution in [0.1, 0.15) is 5.56 Å². The molecular formula is C18H17ClFN5O. The van der Waals surface area contributed by atoms with E-state index in [0.717, 1.165) is 0 Å². The second-order valence-corrected chi connectivity index (χ2v) is 6.72. The number of hydrogen-bond donors (Lipinski definition) is 1. The zero-order valence-corrected chi connectivity index (χ0v) is 14.7. The number of pyridine rings is 1. The molecule has 3 heterocycles. The molecule has 1 N–H and O–H groups in total. The van der Waals surface area contributed by atoms with Crippen molar-refractivity contribution in [1.82, 2.24) is 19.9 Å². The fraction of sp³-hybridized carbons (Fsp3) is 0.278. The Bertz CT molecular complexity index is 1000. The van der Waals surface area contributed by atoms with Crippen LogP contribution >= 0.6 is 11.6 Å². The van der Waals surface area contributed by atoms with E-state index in [0.29, 0.717) is 60.2 Å². The van der Waals surface area contributed by atoms with E-state index in [1.165, 1.54) is 6.07 Å². The minimum Gasteiger partial charge on any atom is -0.349 e. The summed E-state index contributed by atoms with van der Waals surface area (Å²) in [6.45, 7) is 3.19. The number of anilines is 1. The van der Waals surface area contributed by atoms with Crippen molar-refractivity contribution < 1.29 is 4.39 Å². The first-order chi connectivity index (χ1) is 12.6. The van der Waals surface area contributed by atoms with Crippen LogP contribution in [0.2, 0.25) is 5.02 Å². The number of rotatable bonds is 3. The smallest absolute Gasteiger partial charge is 0.291 e. The highest BCUT2D eigenvalue weighted by Gasteiger charge is 2.21. The van der Waals surface area contributed by atoms with E-state index in [1.807, 2.05) is 4.90 Å². The van der Waals surface area contributed by atoms with Gasteiger partial charge in [0, 0.05) is 49.5 Å². The molecule has 1 aliphatic heterocycles. The van der Waals surface area contributed by atoms with Crippen LogP contribution in [0.3, 0.4) is 0 Å². The standard InChI is InChI=1S/C18H17ClFN5O/c19-13-1-2-14(20)12(9-13)11-24-5-7-25(8-6-24)17-18(26)23-15-3-4-21-10-16(15)22-17/h1-4,9-10H,5-8,11H2,(H,23,26). The molecule has 0 amide bonds. The van der Waals surface area contributed by atoms with Crippen molar-refractivity contribution in [2.24, 2.45) is 0 Å². The van der Waals surface area contributed by atoms with E-state index in [9.17, 15) is 9.18 Å². The summed E-state index contributed by atoms with van der Waals surface area (Å²) in [5.41, 5.74) is 1.70. The van der Waals surface area contributed by atoms with Gasteiger partial charge in [-0.1, -0.05) is 11.6 Å². The summed E-state index contributed by atoms with van der Waals surface area (Å²) in [6, 6.07) is 6.32. The fourth-order valence-electron chi connectivity index (χ4n) is 3.16. The van der Waals surface area contributed by atoms with E-state index in [2.05, 4.69) is 19.9 Å². The first kappa shape index (κ1) is 16.9. The molecule has 0 unspecified atom stereocenters. The molecule has 8 heteroatoms. The van der Waals surface area contributed by atoms with E-state index in [1.54, 1.807) is 30.6 Å². The summed E-state index contributed by atoms with van der Waals surface area (Å²) in [7, 11) is 0. The summed E-state index contributed by atoms with van der Waals surface area (Å²) in [5.74, 6) is 0.149. The molecule has 26 heavy (non-hydrogen) atoms. The molecule has 0 bridgehead atoms. The number of halogens is 2. The van der Waals surface area contributed by atoms with Gasteiger partial charge >= 0.3 is 0 Å². The maximum atomic E-state index is 13.9. The number of nitrogens with zero attached hydrogens (tertiary/aromatic N) is 4. The molecular weight excluding hydrogens is 357 g/mol. The first-order valence-electron chi connectivity index (χ1n) is 8.35. The molecule has 2 aromatic heterocycles. The number of nitrogens with one attached hydrogen (secondary N) is 1. The zero-order chi connectivity index (χ0) is 18.1. The van der Waals surface area contributed by atoms with Gasteiger partial charge in [0.1, 0.15) is 11.3 Å². The minimum absolute atomic E-state index is 0.210. The molecule has 0 aliphatic carbocycles. The number of aromatic amines is 1. The largest absolute Gasteiger partial charge is 0.349 e. The highest BCUT2D eigenvalue weighted by atomic mass is 35.5. The number of piperazine rings is 1. The second kappa shape index (κ2) is 7.01. The number of H-pyrrole nitrogens is 1. The highest BCUT2D eigenvalue weighted by Crippen LogP contribution is 2.18. The van der Waals surface area contributed by atoms with Gasteiger partial charge in [0.15, 0.2) is 5.82 Å². The van der Waals surface area contributed by atoms with Crippen LogP contribution in [0, 0.1) is 5.82 Å². The van der Waals surface area contributed by atoms with Gasteiger partial charge in [-0.15, -0.1) is 0 Å². The van der Waals surface area contributed by atoms with Crippen LogP contribution in [0.15, 0.2) is 41.5 Å². The van der Waals surface area contributed by atoms with Gasteiger partial charge in [-0.25, -0.2) is 9.37 Å². The maximum Gasteiger partial charge on any atom is 0.291 e. The monoisotopic (exact) mass is 373 g/mol. The summed E-state index contributed by atoms with van der Waals surface area (Å²) < 4.78 is 13.9. The Morgan fingerprint density at radius 2 is 2.00 bits per heavy atom. The molecule has 4 rings (SSSR count). The lowest BCUT2D eigenvalue weighted by atomic mass is 10.2. The summed E-state index contributed by atoms with van der Waals surface area (Å²) in [4.78, 5) is 27.8. The number of aromatic nitrogens is 3. The lowest BCUT2D eigenvalue weighted by molar-refractivity contribution is 0.246. The van der Waals surface area contributed by atoms with Gasteiger partial charge in [0.05, 0.1) is 11.7 Å². The predicted molar refractivity (Wildman–Crippen MR) is 99.1 cm³/mol. The Hall–Kier alpha value is -2.51. The van der Waals surface area contributed by atoms with Gasteiger partial charge in [0.2, 0.25) is 0 Å². The van der Waals surface area contributed by atoms with Crippen molar-refractivity contribution in [3.8, 4) is 0 Å². The maximum absolute atomic E-state index is 13.9. The molecule has 0 radical (unpaired) electrons. The predicted octanol–water partition coefficient (Wildman–Crippen LogP) is 2.43. The van der Waals surface area contributed by atoms with Crippen molar-refractivity contribution in [2.45, 2.75) is 6.54 Å². The van der Waals surface area contributed by atoms with Crippen LogP contribution in [-0.2, 0) is 6.54 Å². The third kappa shape index (κ3) is 3.40. The number of fused-ring (bicyclic) bond motifs is 1. The zero-order valence-electron chi connectivity index (χ0n) is 14.0. The van der Waals surface area contributed by atoms with E-state index >= 15 is 0 Å². The van der Waals surface area contributed by atoms with Gasteiger partial charge in [-0.2, -0.15) is 0 Å². The van der Waals surface area contributed by atoms with E-state index in [4.69, 9.17) is 11.6 Å². The fourth-order valence-corrected chi connectivity index (χ4v) is 3.36. The minimum atomic E-state index is -0.253. The summed E-state index contributed by atoms with van der Waals surface area (Å²) >= 11 is 5.96. The van der Waals surface area contributed by atoms with Crippen LogP contribution in [0.4, 0.5) is 10.2 Å². The second-order valence-electron chi connectivity index (χ2n) is 6.28.